The molecule has 2 N–H and O–H groups in total. The van der Waals surface area contributed by atoms with Crippen LogP contribution in [0.15, 0.2) is 18.2 Å². The number of aliphatic hydroxyl groups excluding tert-OH is 1. The van der Waals surface area contributed by atoms with Gasteiger partial charge in [-0.05, 0) is 31.4 Å². The van der Waals surface area contributed by atoms with Gasteiger partial charge in [0.05, 0.1) is 25.9 Å². The van der Waals surface area contributed by atoms with Gasteiger partial charge in [-0.3, -0.25) is 0 Å². The highest BCUT2D eigenvalue weighted by atomic mass is 19.1. The van der Waals surface area contributed by atoms with Gasteiger partial charge in [0.2, 0.25) is 0 Å². The van der Waals surface area contributed by atoms with E-state index in [-0.39, 0.29) is 18.5 Å². The molecule has 120 valence electrons. The highest BCUT2D eigenvalue weighted by Gasteiger charge is 2.10. The molecule has 2 unspecified atom stereocenters. The Morgan fingerprint density at radius 2 is 2.00 bits per heavy atom. The van der Waals surface area contributed by atoms with Crippen LogP contribution >= 0.6 is 0 Å². The number of methoxy groups -OCH3 is 1. The maximum Gasteiger partial charge on any atom is 0.165 e. The first-order valence-electron chi connectivity index (χ1n) is 7.29. The number of aliphatic hydroxyl groups is 1. The van der Waals surface area contributed by atoms with Crippen LogP contribution in [0.25, 0.3) is 0 Å². The van der Waals surface area contributed by atoms with E-state index in [2.05, 4.69) is 19.2 Å². The Hall–Kier alpha value is -1.33. The largest absolute Gasteiger partial charge is 0.494 e. The molecule has 0 amide bonds. The average molecular weight is 299 g/mol. The molecule has 4 nitrogen and oxygen atoms in total. The highest BCUT2D eigenvalue weighted by molar-refractivity contribution is 5.48. The number of hydrogen-bond donors (Lipinski definition) is 2. The summed E-state index contributed by atoms with van der Waals surface area (Å²) in [7, 11) is 1.42. The molecule has 0 fully saturated rings. The molecular weight excluding hydrogens is 273 g/mol. The van der Waals surface area contributed by atoms with E-state index in [0.717, 1.165) is 6.42 Å². The van der Waals surface area contributed by atoms with Crippen molar-refractivity contribution < 1.29 is 19.0 Å². The lowest BCUT2D eigenvalue weighted by atomic mass is 10.1. The van der Waals surface area contributed by atoms with Crippen molar-refractivity contribution in [1.82, 2.24) is 0 Å². The van der Waals surface area contributed by atoms with Crippen molar-refractivity contribution in [3.63, 3.8) is 0 Å². The molecule has 21 heavy (non-hydrogen) atoms. The van der Waals surface area contributed by atoms with E-state index in [1.165, 1.54) is 13.2 Å². The van der Waals surface area contributed by atoms with Crippen LogP contribution in [0.5, 0.6) is 5.75 Å². The predicted octanol–water partition coefficient (Wildman–Crippen LogP) is 3.06. The summed E-state index contributed by atoms with van der Waals surface area (Å²) in [4.78, 5) is 0. The normalized spacial score (nSPS) is 14.0. The summed E-state index contributed by atoms with van der Waals surface area (Å²) in [5.74, 6) is 0.340. The topological polar surface area (TPSA) is 50.7 Å². The fourth-order valence-corrected chi connectivity index (χ4v) is 2.07. The lowest BCUT2D eigenvalue weighted by Crippen LogP contribution is -2.27. The first-order valence-corrected chi connectivity index (χ1v) is 7.29. The van der Waals surface area contributed by atoms with Crippen LogP contribution in [0.4, 0.5) is 10.1 Å². The molecule has 0 aliphatic rings. The minimum atomic E-state index is -0.615. The Kier molecular flexibility index (Phi) is 7.47. The van der Waals surface area contributed by atoms with Gasteiger partial charge in [-0.1, -0.05) is 13.8 Å². The van der Waals surface area contributed by atoms with Crippen LogP contribution in [0, 0.1) is 11.7 Å². The lowest BCUT2D eigenvalue weighted by molar-refractivity contribution is -0.00443. The van der Waals surface area contributed by atoms with Gasteiger partial charge < -0.3 is 19.9 Å². The van der Waals surface area contributed by atoms with Crippen molar-refractivity contribution in [1.29, 1.82) is 0 Å². The maximum absolute atomic E-state index is 13.3. The van der Waals surface area contributed by atoms with E-state index in [4.69, 9.17) is 9.47 Å². The number of ether oxygens (including phenoxy) is 2. The zero-order valence-corrected chi connectivity index (χ0v) is 13.2. The predicted molar refractivity (Wildman–Crippen MR) is 82.3 cm³/mol. The molecule has 0 saturated carbocycles. The Labute approximate surface area is 126 Å². The van der Waals surface area contributed by atoms with Crippen molar-refractivity contribution in [3.8, 4) is 5.75 Å². The smallest absolute Gasteiger partial charge is 0.165 e. The summed E-state index contributed by atoms with van der Waals surface area (Å²) >= 11 is 0. The lowest BCUT2D eigenvalue weighted by Gasteiger charge is -2.18. The van der Waals surface area contributed by atoms with Crippen LogP contribution in [0.2, 0.25) is 0 Å². The fourth-order valence-electron chi connectivity index (χ4n) is 2.07. The van der Waals surface area contributed by atoms with Gasteiger partial charge in [0.25, 0.3) is 0 Å². The molecular formula is C16H26FNO3. The number of anilines is 1. The number of halogens is 1. The summed E-state index contributed by atoms with van der Waals surface area (Å²) in [6.45, 7) is 6.90. The third kappa shape index (κ3) is 6.78. The van der Waals surface area contributed by atoms with E-state index < -0.39 is 11.9 Å². The second-order valence-electron chi connectivity index (χ2n) is 5.66. The Balaban J connectivity index is 2.34. The van der Waals surface area contributed by atoms with Gasteiger partial charge in [-0.25, -0.2) is 4.39 Å². The Bertz CT molecular complexity index is 426. The summed E-state index contributed by atoms with van der Waals surface area (Å²) in [5, 5.41) is 12.9. The average Bonchev–Trinajstić information content (AvgIpc) is 2.43. The molecule has 5 heteroatoms. The van der Waals surface area contributed by atoms with Crippen LogP contribution in [0.3, 0.4) is 0 Å². The van der Waals surface area contributed by atoms with Crippen LogP contribution < -0.4 is 10.1 Å². The molecule has 0 saturated heterocycles. The molecule has 0 aliphatic carbocycles. The van der Waals surface area contributed by atoms with E-state index in [1.807, 2.05) is 6.92 Å². The van der Waals surface area contributed by atoms with Crippen molar-refractivity contribution in [2.24, 2.45) is 5.92 Å². The standard InChI is InChI=1S/C16H26FNO3/c1-11(2)7-12(3)21-10-14(19)9-18-13-5-6-15(17)16(8-13)20-4/h5-6,8,11-12,14,18-19H,7,9-10H2,1-4H3. The maximum atomic E-state index is 13.3. The zero-order chi connectivity index (χ0) is 15.8. The molecule has 0 aliphatic heterocycles. The van der Waals surface area contributed by atoms with Crippen molar-refractivity contribution in [2.75, 3.05) is 25.6 Å². The van der Waals surface area contributed by atoms with Gasteiger partial charge in [0.1, 0.15) is 0 Å². The van der Waals surface area contributed by atoms with Gasteiger partial charge >= 0.3 is 0 Å². The number of benzene rings is 1. The summed E-state index contributed by atoms with van der Waals surface area (Å²) in [5.41, 5.74) is 0.697. The highest BCUT2D eigenvalue weighted by Crippen LogP contribution is 2.21. The van der Waals surface area contributed by atoms with Gasteiger partial charge in [0.15, 0.2) is 11.6 Å². The van der Waals surface area contributed by atoms with E-state index >= 15 is 0 Å². The number of rotatable bonds is 9. The fraction of sp³-hybridized carbons (Fsp3) is 0.625. The van der Waals surface area contributed by atoms with Crippen LogP contribution in [-0.2, 0) is 4.74 Å². The zero-order valence-electron chi connectivity index (χ0n) is 13.2. The van der Waals surface area contributed by atoms with Crippen LogP contribution in [-0.4, -0.2) is 37.6 Å². The summed E-state index contributed by atoms with van der Waals surface area (Å²) in [6.07, 6.45) is 0.483. The third-order valence-corrected chi connectivity index (χ3v) is 3.07. The second-order valence-corrected chi connectivity index (χ2v) is 5.66. The minimum absolute atomic E-state index is 0.130. The van der Waals surface area contributed by atoms with Crippen LogP contribution in [0.1, 0.15) is 27.2 Å². The van der Waals surface area contributed by atoms with Gasteiger partial charge in [0, 0.05) is 18.3 Å². The van der Waals surface area contributed by atoms with Crippen molar-refractivity contribution in [2.45, 2.75) is 39.4 Å². The molecule has 0 bridgehead atoms. The summed E-state index contributed by atoms with van der Waals surface area (Å²) in [6, 6.07) is 4.49. The third-order valence-electron chi connectivity index (χ3n) is 3.07. The van der Waals surface area contributed by atoms with Crippen molar-refractivity contribution >= 4 is 5.69 Å². The molecule has 0 aromatic heterocycles. The second kappa shape index (κ2) is 8.85. The van der Waals surface area contributed by atoms with Gasteiger partial charge in [-0.2, -0.15) is 0 Å². The SMILES string of the molecule is COc1cc(NCC(O)COC(C)CC(C)C)ccc1F. The van der Waals surface area contributed by atoms with Gasteiger partial charge in [-0.15, -0.1) is 0 Å². The molecule has 1 aromatic rings. The molecule has 0 heterocycles. The van der Waals surface area contributed by atoms with E-state index in [9.17, 15) is 9.50 Å². The molecule has 2 atom stereocenters. The van der Waals surface area contributed by atoms with E-state index in [0.29, 0.717) is 18.2 Å². The molecule has 1 aromatic carbocycles. The van der Waals surface area contributed by atoms with E-state index in [1.54, 1.807) is 12.1 Å². The Morgan fingerprint density at radius 3 is 2.62 bits per heavy atom. The first-order chi connectivity index (χ1) is 9.92. The Morgan fingerprint density at radius 1 is 1.29 bits per heavy atom. The minimum Gasteiger partial charge on any atom is -0.494 e. The number of nitrogens with one attached hydrogen (secondary N) is 1. The number of hydrogen-bond acceptors (Lipinski definition) is 4. The first kappa shape index (κ1) is 17.7. The quantitative estimate of drug-likeness (QED) is 0.736. The molecule has 0 spiro atoms. The molecule has 0 radical (unpaired) electrons. The molecule has 1 rings (SSSR count). The monoisotopic (exact) mass is 299 g/mol. The summed E-state index contributed by atoms with van der Waals surface area (Å²) < 4.78 is 23.8. The van der Waals surface area contributed by atoms with Crippen molar-refractivity contribution in [3.05, 3.63) is 24.0 Å².